The van der Waals surface area contributed by atoms with Gasteiger partial charge in [-0.05, 0) is 32.8 Å². The molecule has 2 rings (SSSR count). The molecule has 7 heteroatoms. The van der Waals surface area contributed by atoms with Gasteiger partial charge in [0.25, 0.3) is 5.91 Å². The predicted molar refractivity (Wildman–Crippen MR) is 82.4 cm³/mol. The molecule has 0 aliphatic carbocycles. The number of carbonyl (C=O) groups is 2. The maximum absolute atomic E-state index is 12.3. The maximum Gasteiger partial charge on any atom is 0.326 e. The third-order valence-electron chi connectivity index (χ3n) is 3.53. The first-order valence-electron chi connectivity index (χ1n) is 7.72. The van der Waals surface area contributed by atoms with E-state index < -0.39 is 17.9 Å². The number of pyridine rings is 1. The highest BCUT2D eigenvalue weighted by Gasteiger charge is 2.31. The summed E-state index contributed by atoms with van der Waals surface area (Å²) in [5.74, 6) is -1.50. The molecule has 126 valence electrons. The number of nitrogens with zero attached hydrogens (tertiary/aromatic N) is 1. The van der Waals surface area contributed by atoms with E-state index in [4.69, 9.17) is 9.47 Å². The van der Waals surface area contributed by atoms with Crippen molar-refractivity contribution in [2.45, 2.75) is 38.8 Å². The van der Waals surface area contributed by atoms with Crippen molar-refractivity contribution in [2.75, 3.05) is 13.2 Å². The number of ether oxygens (including phenoxy) is 2. The van der Waals surface area contributed by atoms with Crippen molar-refractivity contribution in [2.24, 2.45) is 5.92 Å². The smallest absolute Gasteiger partial charge is 0.326 e. The second kappa shape index (κ2) is 7.92. The largest absolute Gasteiger partial charge is 0.480 e. The molecule has 2 heterocycles. The molecular formula is C16H22N2O5. The zero-order valence-corrected chi connectivity index (χ0v) is 13.3. The predicted octanol–water partition coefficient (Wildman–Crippen LogP) is 1.48. The number of aromatic nitrogens is 1. The molecule has 0 saturated carbocycles. The lowest BCUT2D eigenvalue weighted by molar-refractivity contribution is -0.142. The van der Waals surface area contributed by atoms with Crippen LogP contribution in [0, 0.1) is 5.92 Å². The molecule has 0 aromatic carbocycles. The summed E-state index contributed by atoms with van der Waals surface area (Å²) in [6.07, 6.45) is 1.44. The van der Waals surface area contributed by atoms with Gasteiger partial charge in [-0.25, -0.2) is 9.78 Å². The Hall–Kier alpha value is -2.15. The zero-order valence-electron chi connectivity index (χ0n) is 13.3. The van der Waals surface area contributed by atoms with Crippen LogP contribution in [0.1, 0.15) is 37.2 Å². The highest BCUT2D eigenvalue weighted by Crippen LogP contribution is 2.18. The van der Waals surface area contributed by atoms with Crippen LogP contribution in [0.4, 0.5) is 0 Å². The monoisotopic (exact) mass is 322 g/mol. The highest BCUT2D eigenvalue weighted by molar-refractivity contribution is 5.95. The fraction of sp³-hybridized carbons (Fsp3) is 0.562. The van der Waals surface area contributed by atoms with Gasteiger partial charge in [-0.15, -0.1) is 0 Å². The van der Waals surface area contributed by atoms with Crippen molar-refractivity contribution in [3.8, 4) is 5.88 Å². The van der Waals surface area contributed by atoms with Crippen molar-refractivity contribution in [1.29, 1.82) is 0 Å². The molecule has 1 aromatic rings. The third kappa shape index (κ3) is 4.92. The van der Waals surface area contributed by atoms with Crippen LogP contribution < -0.4 is 10.1 Å². The molecule has 2 atom stereocenters. The van der Waals surface area contributed by atoms with Gasteiger partial charge >= 0.3 is 5.97 Å². The molecule has 0 bridgehead atoms. The lowest BCUT2D eigenvalue weighted by Gasteiger charge is -2.28. The molecule has 1 amide bonds. The molecule has 1 aliphatic heterocycles. The number of aliphatic carboxylic acids is 1. The maximum atomic E-state index is 12.3. The Labute approximate surface area is 135 Å². The Balaban J connectivity index is 2.07. The van der Waals surface area contributed by atoms with Gasteiger partial charge in [0.2, 0.25) is 5.88 Å². The van der Waals surface area contributed by atoms with Crippen molar-refractivity contribution in [3.63, 3.8) is 0 Å². The van der Waals surface area contributed by atoms with Gasteiger partial charge in [0, 0.05) is 18.6 Å². The van der Waals surface area contributed by atoms with E-state index in [9.17, 15) is 14.7 Å². The zero-order chi connectivity index (χ0) is 16.8. The van der Waals surface area contributed by atoms with Crippen LogP contribution in [-0.4, -0.2) is 47.3 Å². The Kier molecular flexibility index (Phi) is 5.92. The van der Waals surface area contributed by atoms with E-state index in [2.05, 4.69) is 10.3 Å². The topological polar surface area (TPSA) is 97.8 Å². The first kappa shape index (κ1) is 17.2. The average Bonchev–Trinajstić information content (AvgIpc) is 2.52. The van der Waals surface area contributed by atoms with Crippen LogP contribution in [-0.2, 0) is 9.53 Å². The van der Waals surface area contributed by atoms with Gasteiger partial charge in [0.05, 0.1) is 12.7 Å². The first-order valence-corrected chi connectivity index (χ1v) is 7.72. The average molecular weight is 322 g/mol. The Morgan fingerprint density at radius 2 is 2.22 bits per heavy atom. The fourth-order valence-corrected chi connectivity index (χ4v) is 2.47. The minimum absolute atomic E-state index is 0.0630. The van der Waals surface area contributed by atoms with E-state index in [0.29, 0.717) is 25.5 Å². The van der Waals surface area contributed by atoms with Crippen molar-refractivity contribution in [3.05, 3.63) is 23.9 Å². The summed E-state index contributed by atoms with van der Waals surface area (Å²) in [4.78, 5) is 27.9. The molecule has 0 unspecified atom stereocenters. The quantitative estimate of drug-likeness (QED) is 0.823. The molecule has 0 radical (unpaired) electrons. The standard InChI is InChI=1S/C16H22N2O5/c1-10(2)23-13-7-3-6-12(17-13)15(19)18-14(16(20)21)11-5-4-8-22-9-11/h3,6-7,10-11,14H,4-5,8-9H2,1-2H3,(H,18,19)(H,20,21)/t11-,14-/m1/s1. The van der Waals surface area contributed by atoms with Gasteiger partial charge < -0.3 is 19.9 Å². The van der Waals surface area contributed by atoms with Crippen LogP contribution in [0.5, 0.6) is 5.88 Å². The Bertz CT molecular complexity index is 555. The van der Waals surface area contributed by atoms with Gasteiger partial charge in [0.1, 0.15) is 11.7 Å². The summed E-state index contributed by atoms with van der Waals surface area (Å²) in [5.41, 5.74) is 0.131. The normalized spacial score (nSPS) is 19.2. The van der Waals surface area contributed by atoms with Crippen molar-refractivity contribution in [1.82, 2.24) is 10.3 Å². The minimum Gasteiger partial charge on any atom is -0.480 e. The first-order chi connectivity index (χ1) is 11.0. The van der Waals surface area contributed by atoms with Crippen LogP contribution in [0.25, 0.3) is 0 Å². The van der Waals surface area contributed by atoms with E-state index in [0.717, 1.165) is 6.42 Å². The summed E-state index contributed by atoms with van der Waals surface area (Å²) >= 11 is 0. The molecule has 1 aromatic heterocycles. The number of hydrogen-bond acceptors (Lipinski definition) is 5. The second-order valence-electron chi connectivity index (χ2n) is 5.79. The fourth-order valence-electron chi connectivity index (χ4n) is 2.47. The van der Waals surface area contributed by atoms with E-state index in [1.54, 1.807) is 12.1 Å². The minimum atomic E-state index is -1.07. The van der Waals surface area contributed by atoms with Gasteiger partial charge in [0.15, 0.2) is 0 Å². The summed E-state index contributed by atoms with van der Waals surface area (Å²) in [6.45, 7) is 4.68. The van der Waals surface area contributed by atoms with E-state index in [1.807, 2.05) is 13.8 Å². The number of hydrogen-bond donors (Lipinski definition) is 2. The van der Waals surface area contributed by atoms with Crippen molar-refractivity contribution < 1.29 is 24.2 Å². The number of carbonyl (C=O) groups excluding carboxylic acids is 1. The Morgan fingerprint density at radius 3 is 2.83 bits per heavy atom. The molecule has 1 fully saturated rings. The number of amides is 1. The van der Waals surface area contributed by atoms with Crippen molar-refractivity contribution >= 4 is 11.9 Å². The van der Waals surface area contributed by atoms with E-state index in [-0.39, 0.29) is 17.7 Å². The van der Waals surface area contributed by atoms with Gasteiger partial charge in [-0.2, -0.15) is 0 Å². The summed E-state index contributed by atoms with van der Waals surface area (Å²) in [6, 6.07) is 3.84. The third-order valence-corrected chi connectivity index (χ3v) is 3.53. The van der Waals surface area contributed by atoms with Gasteiger partial charge in [-0.1, -0.05) is 6.07 Å². The molecule has 7 nitrogen and oxygen atoms in total. The molecule has 1 saturated heterocycles. The van der Waals surface area contributed by atoms with Crippen LogP contribution >= 0.6 is 0 Å². The number of carboxylic acid groups (broad SMARTS) is 1. The van der Waals surface area contributed by atoms with Crippen LogP contribution in [0.15, 0.2) is 18.2 Å². The Morgan fingerprint density at radius 1 is 1.43 bits per heavy atom. The van der Waals surface area contributed by atoms with Crippen LogP contribution in [0.3, 0.4) is 0 Å². The summed E-state index contributed by atoms with van der Waals surface area (Å²) in [7, 11) is 0. The summed E-state index contributed by atoms with van der Waals surface area (Å²) < 4.78 is 10.8. The number of rotatable bonds is 6. The van der Waals surface area contributed by atoms with E-state index in [1.165, 1.54) is 6.07 Å². The molecular weight excluding hydrogens is 300 g/mol. The van der Waals surface area contributed by atoms with E-state index >= 15 is 0 Å². The SMILES string of the molecule is CC(C)Oc1cccc(C(=O)N[C@@H](C(=O)O)[C@@H]2CCCOC2)n1. The molecule has 0 spiro atoms. The van der Waals surface area contributed by atoms with Gasteiger partial charge in [-0.3, -0.25) is 4.79 Å². The second-order valence-corrected chi connectivity index (χ2v) is 5.79. The molecule has 2 N–H and O–H groups in total. The highest BCUT2D eigenvalue weighted by atomic mass is 16.5. The molecule has 23 heavy (non-hydrogen) atoms. The molecule has 1 aliphatic rings. The number of nitrogens with one attached hydrogen (secondary N) is 1. The lowest BCUT2D eigenvalue weighted by atomic mass is 9.93. The van der Waals surface area contributed by atoms with Crippen LogP contribution in [0.2, 0.25) is 0 Å². The lowest BCUT2D eigenvalue weighted by Crippen LogP contribution is -2.48. The summed E-state index contributed by atoms with van der Waals surface area (Å²) in [5, 5.41) is 11.9. The number of carboxylic acids is 1.